The molecule has 0 aliphatic heterocycles. The Balaban J connectivity index is 2.19. The van der Waals surface area contributed by atoms with Gasteiger partial charge in [0.25, 0.3) is 0 Å². The molecule has 2 atom stereocenters. The maximum atomic E-state index is 9.03. The van der Waals surface area contributed by atoms with E-state index in [1.807, 2.05) is 31.2 Å². The summed E-state index contributed by atoms with van der Waals surface area (Å²) in [6.45, 7) is 4.06. The molecule has 0 radical (unpaired) electrons. The molecule has 0 amide bonds. The Labute approximate surface area is 117 Å². The fourth-order valence-corrected chi connectivity index (χ4v) is 2.97. The van der Waals surface area contributed by atoms with Gasteiger partial charge in [-0.2, -0.15) is 0 Å². The van der Waals surface area contributed by atoms with E-state index in [2.05, 4.69) is 18.4 Å². The first kappa shape index (κ1) is 14.1. The van der Waals surface area contributed by atoms with E-state index >= 15 is 0 Å². The van der Waals surface area contributed by atoms with E-state index in [9.17, 15) is 0 Å². The average Bonchev–Trinajstić information content (AvgIpc) is 2.82. The third-order valence-corrected chi connectivity index (χ3v) is 4.09. The summed E-state index contributed by atoms with van der Waals surface area (Å²) in [5, 5.41) is 11.1. The van der Waals surface area contributed by atoms with Gasteiger partial charge in [-0.05, 0) is 48.6 Å². The summed E-state index contributed by atoms with van der Waals surface area (Å²) in [4.78, 5) is 1.17. The molecule has 3 N–H and O–H groups in total. The van der Waals surface area contributed by atoms with Crippen molar-refractivity contribution in [3.05, 3.63) is 51.7 Å². The van der Waals surface area contributed by atoms with Gasteiger partial charge in [0, 0.05) is 10.9 Å². The van der Waals surface area contributed by atoms with E-state index < -0.39 is 0 Å². The predicted octanol–water partition coefficient (Wildman–Crippen LogP) is 3.02. The Morgan fingerprint density at radius 3 is 2.42 bits per heavy atom. The Morgan fingerprint density at radius 2 is 1.95 bits per heavy atom. The maximum absolute atomic E-state index is 9.03. The molecule has 0 saturated carbocycles. The second-order valence-electron chi connectivity index (χ2n) is 4.67. The number of hydrogen-bond donors (Lipinski definition) is 2. The number of benzene rings is 1. The molecule has 0 aliphatic rings. The number of aliphatic hydroxyl groups is 1. The Hall–Kier alpha value is -1.36. The molecule has 1 heterocycles. The number of ether oxygens (including phenoxy) is 1. The van der Waals surface area contributed by atoms with Gasteiger partial charge in [0.05, 0.1) is 6.61 Å². The third-order valence-electron chi connectivity index (χ3n) is 3.01. The highest BCUT2D eigenvalue weighted by molar-refractivity contribution is 7.10. The quantitative estimate of drug-likeness (QED) is 0.883. The van der Waals surface area contributed by atoms with Crippen LogP contribution in [0.1, 0.15) is 29.0 Å². The zero-order valence-electron chi connectivity index (χ0n) is 11.2. The minimum atomic E-state index is -0.139. The average molecular weight is 277 g/mol. The van der Waals surface area contributed by atoms with Gasteiger partial charge in [0.2, 0.25) is 0 Å². The van der Waals surface area contributed by atoms with E-state index in [0.29, 0.717) is 0 Å². The molecule has 4 heteroatoms. The molecular weight excluding hydrogens is 258 g/mol. The molecule has 2 rings (SSSR count). The Kier molecular flexibility index (Phi) is 4.58. The normalized spacial score (nSPS) is 14.1. The van der Waals surface area contributed by atoms with E-state index in [1.54, 1.807) is 11.3 Å². The van der Waals surface area contributed by atoms with E-state index in [1.165, 1.54) is 10.4 Å². The van der Waals surface area contributed by atoms with Crippen molar-refractivity contribution in [3.8, 4) is 5.75 Å². The van der Waals surface area contributed by atoms with Gasteiger partial charge in [-0.3, -0.25) is 0 Å². The first-order chi connectivity index (χ1) is 9.11. The van der Waals surface area contributed by atoms with Crippen molar-refractivity contribution < 1.29 is 9.84 Å². The first-order valence-corrected chi connectivity index (χ1v) is 7.16. The molecule has 0 spiro atoms. The lowest BCUT2D eigenvalue weighted by Gasteiger charge is -2.22. The Bertz CT molecular complexity index is 519. The predicted molar refractivity (Wildman–Crippen MR) is 78.4 cm³/mol. The number of rotatable bonds is 5. The highest BCUT2D eigenvalue weighted by Crippen LogP contribution is 2.30. The Morgan fingerprint density at radius 1 is 1.26 bits per heavy atom. The topological polar surface area (TPSA) is 55.5 Å². The number of aliphatic hydroxyl groups excluding tert-OH is 1. The molecular formula is C15H19NO2S. The van der Waals surface area contributed by atoms with Crippen molar-refractivity contribution >= 4 is 11.3 Å². The molecule has 19 heavy (non-hydrogen) atoms. The third kappa shape index (κ3) is 3.35. The van der Waals surface area contributed by atoms with Crippen molar-refractivity contribution in [2.24, 2.45) is 5.73 Å². The van der Waals surface area contributed by atoms with Gasteiger partial charge in [-0.25, -0.2) is 0 Å². The fraction of sp³-hybridized carbons (Fsp3) is 0.333. The molecule has 0 aliphatic carbocycles. The highest BCUT2D eigenvalue weighted by atomic mass is 32.1. The summed E-state index contributed by atoms with van der Waals surface area (Å²) in [6.07, 6.45) is -0.139. The molecule has 1 aromatic heterocycles. The van der Waals surface area contributed by atoms with Crippen molar-refractivity contribution in [2.75, 3.05) is 0 Å². The summed E-state index contributed by atoms with van der Waals surface area (Å²) < 4.78 is 6.00. The largest absolute Gasteiger partial charge is 0.483 e. The van der Waals surface area contributed by atoms with Crippen LogP contribution >= 0.6 is 11.3 Å². The van der Waals surface area contributed by atoms with Crippen molar-refractivity contribution in [1.29, 1.82) is 0 Å². The molecule has 0 fully saturated rings. The zero-order chi connectivity index (χ0) is 13.8. The summed E-state index contributed by atoms with van der Waals surface area (Å²) in [7, 11) is 0. The zero-order valence-corrected chi connectivity index (χ0v) is 12.0. The van der Waals surface area contributed by atoms with Crippen LogP contribution in [0.15, 0.2) is 35.7 Å². The lowest BCUT2D eigenvalue weighted by molar-refractivity contribution is 0.183. The first-order valence-electron chi connectivity index (χ1n) is 6.28. The minimum Gasteiger partial charge on any atom is -0.483 e. The van der Waals surface area contributed by atoms with Crippen LogP contribution in [0.3, 0.4) is 0 Å². The summed E-state index contributed by atoms with van der Waals surface area (Å²) in [5.41, 5.74) is 8.12. The van der Waals surface area contributed by atoms with Gasteiger partial charge in [-0.15, -0.1) is 11.3 Å². The minimum absolute atomic E-state index is 0.0427. The van der Waals surface area contributed by atoms with E-state index in [-0.39, 0.29) is 18.8 Å². The molecule has 0 bridgehead atoms. The van der Waals surface area contributed by atoms with Crippen LogP contribution in [-0.4, -0.2) is 11.1 Å². The summed E-state index contributed by atoms with van der Waals surface area (Å²) in [6, 6.07) is 9.43. The molecule has 0 saturated heterocycles. The van der Waals surface area contributed by atoms with Gasteiger partial charge >= 0.3 is 0 Å². The smallest absolute Gasteiger partial charge is 0.148 e. The van der Waals surface area contributed by atoms with E-state index in [4.69, 9.17) is 15.6 Å². The van der Waals surface area contributed by atoms with Gasteiger partial charge in [0.15, 0.2) is 0 Å². The molecule has 102 valence electrons. The van der Waals surface area contributed by atoms with Gasteiger partial charge in [-0.1, -0.05) is 12.1 Å². The summed E-state index contributed by atoms with van der Waals surface area (Å²) >= 11 is 1.67. The molecule has 1 aromatic carbocycles. The highest BCUT2D eigenvalue weighted by Gasteiger charge is 2.21. The van der Waals surface area contributed by atoms with Gasteiger partial charge in [0.1, 0.15) is 11.9 Å². The standard InChI is InChI=1S/C15H19NO2S/c1-10-7-8-19-15(10)14(11(2)16)18-13-5-3-12(9-17)4-6-13/h3-8,11,14,17H,9,16H2,1-2H3. The monoisotopic (exact) mass is 277 g/mol. The maximum Gasteiger partial charge on any atom is 0.148 e. The SMILES string of the molecule is Cc1ccsc1C(Oc1ccc(CO)cc1)C(C)N. The van der Waals surface area contributed by atoms with Crippen molar-refractivity contribution in [3.63, 3.8) is 0 Å². The number of nitrogens with two attached hydrogens (primary N) is 1. The second-order valence-corrected chi connectivity index (χ2v) is 5.62. The van der Waals surface area contributed by atoms with Crippen molar-refractivity contribution in [2.45, 2.75) is 32.6 Å². The fourth-order valence-electron chi connectivity index (χ4n) is 1.90. The molecule has 3 nitrogen and oxygen atoms in total. The molecule has 2 aromatic rings. The lowest BCUT2D eigenvalue weighted by Crippen LogP contribution is -2.28. The van der Waals surface area contributed by atoms with Crippen LogP contribution in [0.25, 0.3) is 0 Å². The van der Waals surface area contributed by atoms with Crippen LogP contribution in [0, 0.1) is 6.92 Å². The van der Waals surface area contributed by atoms with Crippen LogP contribution in [-0.2, 0) is 6.61 Å². The number of hydrogen-bond acceptors (Lipinski definition) is 4. The van der Waals surface area contributed by atoms with Crippen LogP contribution in [0.4, 0.5) is 0 Å². The second kappa shape index (κ2) is 6.19. The lowest BCUT2D eigenvalue weighted by atomic mass is 10.1. The number of thiophene rings is 1. The van der Waals surface area contributed by atoms with Crippen LogP contribution in [0.5, 0.6) is 5.75 Å². The van der Waals surface area contributed by atoms with Crippen LogP contribution in [0.2, 0.25) is 0 Å². The molecule has 2 unspecified atom stereocenters. The van der Waals surface area contributed by atoms with Gasteiger partial charge < -0.3 is 15.6 Å². The van der Waals surface area contributed by atoms with Crippen LogP contribution < -0.4 is 10.5 Å². The summed E-state index contributed by atoms with van der Waals surface area (Å²) in [5.74, 6) is 0.771. The van der Waals surface area contributed by atoms with E-state index in [0.717, 1.165) is 11.3 Å². The number of aryl methyl sites for hydroxylation is 1. The van der Waals surface area contributed by atoms with Crippen molar-refractivity contribution in [1.82, 2.24) is 0 Å².